The minimum Gasteiger partial charge on any atom is -0.497 e. The zero-order chi connectivity index (χ0) is 21.8. The summed E-state index contributed by atoms with van der Waals surface area (Å²) in [5, 5.41) is 5.02. The van der Waals surface area contributed by atoms with E-state index in [1.54, 1.807) is 41.7 Å². The molecule has 2 aliphatic rings. The first kappa shape index (κ1) is 21.3. The van der Waals surface area contributed by atoms with Gasteiger partial charge in [0.15, 0.2) is 5.13 Å². The molecule has 0 spiro atoms. The Morgan fingerprint density at radius 2 is 1.90 bits per heavy atom. The summed E-state index contributed by atoms with van der Waals surface area (Å²) in [5.74, 6) is 0.289. The van der Waals surface area contributed by atoms with Gasteiger partial charge in [0, 0.05) is 30.1 Å². The fraction of sp³-hybridized carbons (Fsp3) is 0.455. The lowest BCUT2D eigenvalue weighted by Crippen LogP contribution is -2.39. The molecule has 1 aromatic heterocycles. The Balaban J connectivity index is 1.33. The van der Waals surface area contributed by atoms with E-state index >= 15 is 0 Å². The number of hydrogen-bond acceptors (Lipinski definition) is 6. The number of ether oxygens (including phenoxy) is 1. The Morgan fingerprint density at radius 1 is 1.19 bits per heavy atom. The SMILES string of the molecule is COc1ccc(C(=O)N(CC(=O)Nc2nc(CC(=O)N3CCCC3)cs2)C2CC2)cc1. The standard InChI is InChI=1S/C22H26N4O4S/c1-30-18-8-4-15(5-9-18)21(29)26(17-6-7-17)13-19(27)24-22-23-16(14-31-22)12-20(28)25-10-2-3-11-25/h4-5,8-9,14,17H,2-3,6-7,10-13H2,1H3,(H,23,24,27). The van der Waals surface area contributed by atoms with Crippen molar-refractivity contribution in [3.05, 3.63) is 40.9 Å². The van der Waals surface area contributed by atoms with Gasteiger partial charge < -0.3 is 19.9 Å². The zero-order valence-corrected chi connectivity index (χ0v) is 18.3. The van der Waals surface area contributed by atoms with E-state index in [1.165, 1.54) is 11.3 Å². The smallest absolute Gasteiger partial charge is 0.254 e. The zero-order valence-electron chi connectivity index (χ0n) is 17.5. The van der Waals surface area contributed by atoms with Gasteiger partial charge >= 0.3 is 0 Å². The molecule has 2 aromatic rings. The van der Waals surface area contributed by atoms with E-state index in [-0.39, 0.29) is 36.7 Å². The molecule has 2 heterocycles. The third kappa shape index (κ3) is 5.41. The highest BCUT2D eigenvalue weighted by Crippen LogP contribution is 2.28. The number of methoxy groups -OCH3 is 1. The average molecular weight is 443 g/mol. The van der Waals surface area contributed by atoms with Crippen LogP contribution in [-0.4, -0.2) is 65.3 Å². The molecule has 164 valence electrons. The van der Waals surface area contributed by atoms with Crippen molar-refractivity contribution in [2.45, 2.75) is 38.1 Å². The number of nitrogens with one attached hydrogen (secondary N) is 1. The summed E-state index contributed by atoms with van der Waals surface area (Å²) in [6.07, 6.45) is 4.15. The second-order valence-electron chi connectivity index (χ2n) is 7.85. The summed E-state index contributed by atoms with van der Waals surface area (Å²) in [4.78, 5) is 45.6. The van der Waals surface area contributed by atoms with Crippen LogP contribution in [0.1, 0.15) is 41.7 Å². The lowest BCUT2D eigenvalue weighted by atomic mass is 10.2. The first-order chi connectivity index (χ1) is 15.0. The molecule has 1 aliphatic heterocycles. The highest BCUT2D eigenvalue weighted by Gasteiger charge is 2.34. The van der Waals surface area contributed by atoms with Crippen LogP contribution in [0.25, 0.3) is 0 Å². The van der Waals surface area contributed by atoms with Crippen LogP contribution in [-0.2, 0) is 16.0 Å². The highest BCUT2D eigenvalue weighted by molar-refractivity contribution is 7.13. The van der Waals surface area contributed by atoms with Crippen molar-refractivity contribution < 1.29 is 19.1 Å². The number of amides is 3. The molecule has 0 atom stereocenters. The van der Waals surface area contributed by atoms with Crippen molar-refractivity contribution in [2.75, 3.05) is 32.1 Å². The van der Waals surface area contributed by atoms with Gasteiger partial charge in [-0.05, 0) is 49.9 Å². The maximum Gasteiger partial charge on any atom is 0.254 e. The number of hydrogen-bond donors (Lipinski definition) is 1. The molecular formula is C22H26N4O4S. The molecule has 9 heteroatoms. The normalized spacial score (nSPS) is 15.6. The molecule has 1 aromatic carbocycles. The summed E-state index contributed by atoms with van der Waals surface area (Å²) in [5.41, 5.74) is 1.18. The Labute approximate surface area is 185 Å². The van der Waals surface area contributed by atoms with Crippen LogP contribution in [0, 0.1) is 0 Å². The first-order valence-corrected chi connectivity index (χ1v) is 11.4. The highest BCUT2D eigenvalue weighted by atomic mass is 32.1. The van der Waals surface area contributed by atoms with Gasteiger partial charge in [-0.25, -0.2) is 4.98 Å². The minimum absolute atomic E-state index is 0.0306. The fourth-order valence-corrected chi connectivity index (χ4v) is 4.37. The minimum atomic E-state index is -0.291. The van der Waals surface area contributed by atoms with Crippen LogP contribution in [0.15, 0.2) is 29.6 Å². The molecule has 1 aliphatic carbocycles. The van der Waals surface area contributed by atoms with Gasteiger partial charge in [-0.3, -0.25) is 14.4 Å². The van der Waals surface area contributed by atoms with E-state index in [0.29, 0.717) is 22.1 Å². The maximum atomic E-state index is 12.9. The fourth-order valence-electron chi connectivity index (χ4n) is 3.64. The number of anilines is 1. The molecule has 0 unspecified atom stereocenters. The molecule has 4 rings (SSSR count). The molecule has 1 saturated carbocycles. The Bertz CT molecular complexity index is 949. The number of carbonyl (C=O) groups is 3. The molecular weight excluding hydrogens is 416 g/mol. The summed E-state index contributed by atoms with van der Waals surface area (Å²) in [6, 6.07) is 6.97. The molecule has 0 radical (unpaired) electrons. The first-order valence-electron chi connectivity index (χ1n) is 10.5. The molecule has 1 N–H and O–H groups in total. The molecule has 8 nitrogen and oxygen atoms in total. The number of nitrogens with zero attached hydrogens (tertiary/aromatic N) is 3. The largest absolute Gasteiger partial charge is 0.497 e. The van der Waals surface area contributed by atoms with Gasteiger partial charge in [0.25, 0.3) is 5.91 Å². The summed E-state index contributed by atoms with van der Waals surface area (Å²) >= 11 is 1.29. The monoisotopic (exact) mass is 442 g/mol. The number of aromatic nitrogens is 1. The third-order valence-electron chi connectivity index (χ3n) is 5.49. The number of likely N-dealkylation sites (tertiary alicyclic amines) is 1. The van der Waals surface area contributed by atoms with E-state index < -0.39 is 0 Å². The number of benzene rings is 1. The van der Waals surface area contributed by atoms with E-state index in [0.717, 1.165) is 38.8 Å². The van der Waals surface area contributed by atoms with E-state index in [9.17, 15) is 14.4 Å². The lowest BCUT2D eigenvalue weighted by molar-refractivity contribution is -0.129. The van der Waals surface area contributed by atoms with Gasteiger partial charge in [0.2, 0.25) is 11.8 Å². The lowest BCUT2D eigenvalue weighted by Gasteiger charge is -2.21. The van der Waals surface area contributed by atoms with Gasteiger partial charge in [0.05, 0.1) is 19.2 Å². The molecule has 1 saturated heterocycles. The van der Waals surface area contributed by atoms with Gasteiger partial charge in [0.1, 0.15) is 12.3 Å². The number of thiazole rings is 1. The van der Waals surface area contributed by atoms with Crippen molar-refractivity contribution in [3.63, 3.8) is 0 Å². The second kappa shape index (κ2) is 9.47. The summed E-state index contributed by atoms with van der Waals surface area (Å²) in [7, 11) is 1.57. The molecule has 0 bridgehead atoms. The number of carbonyl (C=O) groups excluding carboxylic acids is 3. The van der Waals surface area contributed by atoms with E-state index in [1.807, 2.05) is 4.90 Å². The Hall–Kier alpha value is -2.94. The van der Waals surface area contributed by atoms with Crippen LogP contribution < -0.4 is 10.1 Å². The van der Waals surface area contributed by atoms with Crippen LogP contribution in [0.4, 0.5) is 5.13 Å². The van der Waals surface area contributed by atoms with Crippen LogP contribution >= 0.6 is 11.3 Å². The molecule has 31 heavy (non-hydrogen) atoms. The summed E-state index contributed by atoms with van der Waals surface area (Å²) < 4.78 is 5.14. The third-order valence-corrected chi connectivity index (χ3v) is 6.30. The van der Waals surface area contributed by atoms with E-state index in [2.05, 4.69) is 10.3 Å². The van der Waals surface area contributed by atoms with E-state index in [4.69, 9.17) is 4.74 Å². The van der Waals surface area contributed by atoms with Crippen molar-refractivity contribution in [2.24, 2.45) is 0 Å². The predicted molar refractivity (Wildman–Crippen MR) is 117 cm³/mol. The van der Waals surface area contributed by atoms with Crippen molar-refractivity contribution in [1.29, 1.82) is 0 Å². The average Bonchev–Trinajstić information content (AvgIpc) is 3.27. The van der Waals surface area contributed by atoms with Gasteiger partial charge in [-0.1, -0.05) is 0 Å². The summed E-state index contributed by atoms with van der Waals surface area (Å²) in [6.45, 7) is 1.59. The van der Waals surface area contributed by atoms with Crippen LogP contribution in [0.5, 0.6) is 5.75 Å². The Kier molecular flexibility index (Phi) is 6.50. The predicted octanol–water partition coefficient (Wildman–Crippen LogP) is 2.56. The van der Waals surface area contributed by atoms with Crippen molar-refractivity contribution in [1.82, 2.24) is 14.8 Å². The maximum absolute atomic E-state index is 12.9. The van der Waals surface area contributed by atoms with Crippen LogP contribution in [0.3, 0.4) is 0 Å². The Morgan fingerprint density at radius 3 is 2.55 bits per heavy atom. The van der Waals surface area contributed by atoms with Gasteiger partial charge in [-0.15, -0.1) is 11.3 Å². The topological polar surface area (TPSA) is 91.8 Å². The number of rotatable bonds is 8. The quantitative estimate of drug-likeness (QED) is 0.678. The van der Waals surface area contributed by atoms with Crippen molar-refractivity contribution in [3.8, 4) is 5.75 Å². The second-order valence-corrected chi connectivity index (χ2v) is 8.71. The molecule has 3 amide bonds. The van der Waals surface area contributed by atoms with Gasteiger partial charge in [-0.2, -0.15) is 0 Å². The van der Waals surface area contributed by atoms with Crippen LogP contribution in [0.2, 0.25) is 0 Å². The van der Waals surface area contributed by atoms with Crippen molar-refractivity contribution >= 4 is 34.2 Å². The molecule has 2 fully saturated rings.